The van der Waals surface area contributed by atoms with Gasteiger partial charge in [-0.25, -0.2) is 24.3 Å². The second-order valence-electron chi connectivity index (χ2n) is 9.08. The van der Waals surface area contributed by atoms with Crippen LogP contribution in [-0.4, -0.2) is 74.7 Å². The maximum absolute atomic E-state index is 14.7. The Hall–Kier alpha value is -3.97. The summed E-state index contributed by atoms with van der Waals surface area (Å²) in [6.45, 7) is 5.23. The van der Waals surface area contributed by atoms with Crippen molar-refractivity contribution >= 4 is 29.1 Å². The molecule has 0 spiro atoms. The highest BCUT2D eigenvalue weighted by molar-refractivity contribution is 5.87. The minimum Gasteiger partial charge on any atom is -0.353 e. The third kappa shape index (κ3) is 5.27. The van der Waals surface area contributed by atoms with Crippen molar-refractivity contribution in [2.75, 3.05) is 41.3 Å². The number of imidazole rings is 1. The highest BCUT2D eigenvalue weighted by Crippen LogP contribution is 2.30. The molecule has 2 aliphatic rings. The first kappa shape index (κ1) is 24.7. The van der Waals surface area contributed by atoms with Gasteiger partial charge in [-0.15, -0.1) is 0 Å². The fraction of sp³-hybridized carbons (Fsp3) is 0.435. The van der Waals surface area contributed by atoms with Crippen LogP contribution in [-0.2, 0) is 11.0 Å². The molecule has 37 heavy (non-hydrogen) atoms. The van der Waals surface area contributed by atoms with Crippen molar-refractivity contribution in [3.05, 3.63) is 49.2 Å². The van der Waals surface area contributed by atoms with Crippen molar-refractivity contribution < 1.29 is 22.4 Å². The van der Waals surface area contributed by atoms with E-state index in [9.17, 15) is 22.4 Å². The molecule has 2 aliphatic heterocycles. The first-order valence-corrected chi connectivity index (χ1v) is 11.8. The smallest absolute Gasteiger partial charge is 0.353 e. The zero-order chi connectivity index (χ0) is 26.2. The molecule has 0 aliphatic carbocycles. The number of piperidine rings is 1. The standard InChI is InChI=1S/C23H25F4N9O/c1-2-19(37)32-16-3-5-34(12-16)20-18-10-31-22(36(18)6-4-28-20)35-11-15(24)7-17(13-35)33-21-29-8-14(9-30-21)23(25,26)27/h2,4,6,8-10,15-17H,1,3,5,7,11-13H2,(H,32,37)(H,29,30,33)/t15-,16-,17-/m1/s1. The normalized spacial score (nSPS) is 22.3. The Bertz CT molecular complexity index is 1280. The number of halogens is 4. The van der Waals surface area contributed by atoms with Crippen molar-refractivity contribution in [3.63, 3.8) is 0 Å². The van der Waals surface area contributed by atoms with Crippen LogP contribution in [0.25, 0.3) is 5.52 Å². The maximum atomic E-state index is 14.7. The number of carbonyl (C=O) groups is 1. The topological polar surface area (TPSA) is 104 Å². The van der Waals surface area contributed by atoms with E-state index in [1.54, 1.807) is 23.5 Å². The molecule has 2 fully saturated rings. The van der Waals surface area contributed by atoms with Gasteiger partial charge in [-0.1, -0.05) is 6.58 Å². The summed E-state index contributed by atoms with van der Waals surface area (Å²) < 4.78 is 54.9. The van der Waals surface area contributed by atoms with Gasteiger partial charge in [0.15, 0.2) is 5.82 Å². The molecule has 5 rings (SSSR count). The van der Waals surface area contributed by atoms with Gasteiger partial charge in [0.05, 0.1) is 18.3 Å². The van der Waals surface area contributed by atoms with E-state index >= 15 is 0 Å². The average molecular weight is 520 g/mol. The van der Waals surface area contributed by atoms with Crippen LogP contribution >= 0.6 is 0 Å². The molecule has 2 saturated heterocycles. The van der Waals surface area contributed by atoms with Crippen LogP contribution in [0.1, 0.15) is 18.4 Å². The number of hydrogen-bond donors (Lipinski definition) is 2. The number of amides is 1. The van der Waals surface area contributed by atoms with Crippen LogP contribution in [0.15, 0.2) is 43.6 Å². The van der Waals surface area contributed by atoms with E-state index < -0.39 is 24.0 Å². The summed E-state index contributed by atoms with van der Waals surface area (Å²) in [4.78, 5) is 32.0. The molecular weight excluding hydrogens is 494 g/mol. The third-order valence-electron chi connectivity index (χ3n) is 6.43. The lowest BCUT2D eigenvalue weighted by Crippen LogP contribution is -2.48. The van der Waals surface area contributed by atoms with E-state index in [1.807, 2.05) is 4.40 Å². The first-order chi connectivity index (χ1) is 17.7. The molecule has 2 N–H and O–H groups in total. The molecular formula is C23H25F4N9O. The fourth-order valence-corrected chi connectivity index (χ4v) is 4.75. The largest absolute Gasteiger partial charge is 0.419 e. The van der Waals surface area contributed by atoms with E-state index in [2.05, 4.69) is 42.0 Å². The van der Waals surface area contributed by atoms with E-state index in [4.69, 9.17) is 0 Å². The molecule has 5 heterocycles. The Morgan fingerprint density at radius 2 is 1.81 bits per heavy atom. The van der Waals surface area contributed by atoms with Gasteiger partial charge in [-0.2, -0.15) is 13.2 Å². The summed E-state index contributed by atoms with van der Waals surface area (Å²) in [5.41, 5.74) is -0.211. The number of carbonyl (C=O) groups excluding carboxylic acids is 1. The quantitative estimate of drug-likeness (QED) is 0.378. The second-order valence-corrected chi connectivity index (χ2v) is 9.08. The molecule has 0 saturated carbocycles. The van der Waals surface area contributed by atoms with Gasteiger partial charge in [0.25, 0.3) is 0 Å². The van der Waals surface area contributed by atoms with E-state index in [0.29, 0.717) is 43.8 Å². The minimum atomic E-state index is -4.53. The molecule has 10 nitrogen and oxygen atoms in total. The summed E-state index contributed by atoms with van der Waals surface area (Å²) in [6.07, 6.45) is 2.90. The molecule has 0 aromatic carbocycles. The molecule has 3 aromatic heterocycles. The molecule has 14 heteroatoms. The van der Waals surface area contributed by atoms with Gasteiger partial charge in [0.2, 0.25) is 17.8 Å². The number of nitrogens with zero attached hydrogens (tertiary/aromatic N) is 7. The van der Waals surface area contributed by atoms with Crippen LogP contribution in [0.5, 0.6) is 0 Å². The predicted molar refractivity (Wildman–Crippen MR) is 128 cm³/mol. The Balaban J connectivity index is 1.32. The molecule has 1 amide bonds. The number of aromatic nitrogens is 5. The fourth-order valence-electron chi connectivity index (χ4n) is 4.75. The van der Waals surface area contributed by atoms with Crippen molar-refractivity contribution in [1.29, 1.82) is 0 Å². The SMILES string of the molecule is C=CC(=O)N[C@@H]1CCN(c2nccn3c(N4C[C@H](F)C[C@@H](Nc5ncc(C(F)(F)F)cn5)C4)ncc23)C1. The molecule has 3 aromatic rings. The monoisotopic (exact) mass is 519 g/mol. The van der Waals surface area contributed by atoms with Crippen LogP contribution in [0.2, 0.25) is 0 Å². The summed E-state index contributed by atoms with van der Waals surface area (Å²) >= 11 is 0. The summed E-state index contributed by atoms with van der Waals surface area (Å²) in [5.74, 6) is 1.01. The van der Waals surface area contributed by atoms with Crippen molar-refractivity contribution in [2.24, 2.45) is 0 Å². The van der Waals surface area contributed by atoms with Gasteiger partial charge >= 0.3 is 6.18 Å². The summed E-state index contributed by atoms with van der Waals surface area (Å²) in [7, 11) is 0. The van der Waals surface area contributed by atoms with Gasteiger partial charge < -0.3 is 20.4 Å². The predicted octanol–water partition coefficient (Wildman–Crippen LogP) is 2.45. The van der Waals surface area contributed by atoms with Gasteiger partial charge in [0, 0.05) is 62.9 Å². The van der Waals surface area contributed by atoms with Crippen LogP contribution in [0.4, 0.5) is 35.3 Å². The highest BCUT2D eigenvalue weighted by Gasteiger charge is 2.33. The van der Waals surface area contributed by atoms with Crippen LogP contribution in [0.3, 0.4) is 0 Å². The zero-order valence-corrected chi connectivity index (χ0v) is 19.7. The number of hydrogen-bond acceptors (Lipinski definition) is 8. The first-order valence-electron chi connectivity index (χ1n) is 11.8. The lowest BCUT2D eigenvalue weighted by atomic mass is 10.0. The van der Waals surface area contributed by atoms with Crippen LogP contribution in [0, 0.1) is 0 Å². The van der Waals surface area contributed by atoms with Crippen molar-refractivity contribution in [1.82, 2.24) is 29.7 Å². The van der Waals surface area contributed by atoms with E-state index in [-0.39, 0.29) is 30.9 Å². The summed E-state index contributed by atoms with van der Waals surface area (Å²) in [5, 5.41) is 5.84. The van der Waals surface area contributed by atoms with E-state index in [1.165, 1.54) is 6.08 Å². The zero-order valence-electron chi connectivity index (χ0n) is 19.7. The lowest BCUT2D eigenvalue weighted by molar-refractivity contribution is -0.138. The van der Waals surface area contributed by atoms with Crippen molar-refractivity contribution in [2.45, 2.75) is 37.3 Å². The molecule has 0 unspecified atom stereocenters. The Morgan fingerprint density at radius 3 is 2.54 bits per heavy atom. The van der Waals surface area contributed by atoms with Gasteiger partial charge in [-0.05, 0) is 12.5 Å². The molecule has 3 atom stereocenters. The number of rotatable bonds is 6. The highest BCUT2D eigenvalue weighted by atomic mass is 19.4. The Kier molecular flexibility index (Phi) is 6.56. The number of fused-ring (bicyclic) bond motifs is 1. The number of alkyl halides is 4. The molecule has 0 radical (unpaired) electrons. The number of nitrogens with one attached hydrogen (secondary N) is 2. The Labute approximate surface area is 209 Å². The maximum Gasteiger partial charge on any atom is 0.419 e. The van der Waals surface area contributed by atoms with Gasteiger partial charge in [-0.3, -0.25) is 9.20 Å². The molecule has 196 valence electrons. The Morgan fingerprint density at radius 1 is 1.05 bits per heavy atom. The third-order valence-corrected chi connectivity index (χ3v) is 6.43. The van der Waals surface area contributed by atoms with Crippen LogP contribution < -0.4 is 20.4 Å². The second kappa shape index (κ2) is 9.82. The average Bonchev–Trinajstić information content (AvgIpc) is 3.50. The molecule has 0 bridgehead atoms. The van der Waals surface area contributed by atoms with Gasteiger partial charge in [0.1, 0.15) is 11.7 Å². The minimum absolute atomic E-state index is 0.00125. The summed E-state index contributed by atoms with van der Waals surface area (Å²) in [6, 6.07) is -0.467. The van der Waals surface area contributed by atoms with Crippen molar-refractivity contribution in [3.8, 4) is 0 Å². The lowest BCUT2D eigenvalue weighted by Gasteiger charge is -2.35. The van der Waals surface area contributed by atoms with E-state index in [0.717, 1.165) is 11.9 Å². The number of anilines is 3.